The largest absolute Gasteiger partial charge is 0.394 e. The van der Waals surface area contributed by atoms with Crippen LogP contribution < -0.4 is 0 Å². The Kier molecular flexibility index (Phi) is 3.41. The minimum atomic E-state index is -0.685. The van der Waals surface area contributed by atoms with Gasteiger partial charge in [-0.25, -0.2) is 4.98 Å². The standard InChI is InChI=1S/C12H12Cl2N2O3/c13-6-1-8-9(2-7(6)14)16(5-15-8)12-3-10(18)11(4-17)19-12/h1-2,5,10-12,17-18H,3-4H2/t10-,11+,12+/m0/s1. The number of ether oxygens (including phenoxy) is 1. The molecule has 0 bridgehead atoms. The summed E-state index contributed by atoms with van der Waals surface area (Å²) in [6, 6.07) is 3.40. The van der Waals surface area contributed by atoms with E-state index < -0.39 is 12.2 Å². The third kappa shape index (κ3) is 2.22. The van der Waals surface area contributed by atoms with E-state index in [0.717, 1.165) is 5.52 Å². The van der Waals surface area contributed by atoms with Crippen LogP contribution in [0.4, 0.5) is 0 Å². The molecule has 0 spiro atoms. The fourth-order valence-corrected chi connectivity index (χ4v) is 2.62. The topological polar surface area (TPSA) is 67.5 Å². The van der Waals surface area contributed by atoms with Gasteiger partial charge in [0, 0.05) is 6.42 Å². The van der Waals surface area contributed by atoms with Crippen LogP contribution in [0.1, 0.15) is 12.6 Å². The van der Waals surface area contributed by atoms with E-state index in [1.54, 1.807) is 23.0 Å². The number of halogens is 2. The van der Waals surface area contributed by atoms with Crippen LogP contribution in [-0.4, -0.2) is 38.6 Å². The van der Waals surface area contributed by atoms with E-state index in [9.17, 15) is 5.11 Å². The van der Waals surface area contributed by atoms with Gasteiger partial charge in [0.05, 0.1) is 40.1 Å². The van der Waals surface area contributed by atoms with Gasteiger partial charge in [0.1, 0.15) is 12.3 Å². The Balaban J connectivity index is 2.00. The molecular formula is C12H12Cl2N2O3. The zero-order valence-electron chi connectivity index (χ0n) is 9.83. The number of hydrogen-bond donors (Lipinski definition) is 2. The van der Waals surface area contributed by atoms with Crippen LogP contribution in [0.25, 0.3) is 11.0 Å². The van der Waals surface area contributed by atoms with Crippen molar-refractivity contribution in [3.63, 3.8) is 0 Å². The molecule has 3 rings (SSSR count). The summed E-state index contributed by atoms with van der Waals surface area (Å²) in [5.41, 5.74) is 1.49. The van der Waals surface area contributed by atoms with Gasteiger partial charge in [0.15, 0.2) is 0 Å². The number of fused-ring (bicyclic) bond motifs is 1. The van der Waals surface area contributed by atoms with Crippen molar-refractivity contribution in [1.29, 1.82) is 0 Å². The number of aliphatic hydroxyl groups is 2. The molecule has 1 aliphatic rings. The van der Waals surface area contributed by atoms with Gasteiger partial charge in [-0.1, -0.05) is 23.2 Å². The molecule has 2 heterocycles. The Labute approximate surface area is 119 Å². The van der Waals surface area contributed by atoms with E-state index in [0.29, 0.717) is 22.0 Å². The molecule has 0 radical (unpaired) electrons. The lowest BCUT2D eigenvalue weighted by molar-refractivity contribution is -0.0430. The van der Waals surface area contributed by atoms with Gasteiger partial charge in [-0.15, -0.1) is 0 Å². The molecule has 102 valence electrons. The van der Waals surface area contributed by atoms with Gasteiger partial charge in [-0.2, -0.15) is 0 Å². The van der Waals surface area contributed by atoms with Gasteiger partial charge in [-0.3, -0.25) is 0 Å². The smallest absolute Gasteiger partial charge is 0.138 e. The van der Waals surface area contributed by atoms with E-state index in [1.165, 1.54) is 0 Å². The molecule has 3 atom stereocenters. The number of aliphatic hydroxyl groups excluding tert-OH is 2. The molecule has 5 nitrogen and oxygen atoms in total. The maximum atomic E-state index is 9.76. The normalized spacial score (nSPS) is 27.3. The number of imidazole rings is 1. The third-order valence-corrected chi connectivity index (χ3v) is 4.03. The maximum Gasteiger partial charge on any atom is 0.138 e. The van der Waals surface area contributed by atoms with Gasteiger partial charge < -0.3 is 19.5 Å². The average molecular weight is 303 g/mol. The minimum Gasteiger partial charge on any atom is -0.394 e. The molecule has 0 saturated carbocycles. The fraction of sp³-hybridized carbons (Fsp3) is 0.417. The zero-order valence-corrected chi connectivity index (χ0v) is 11.3. The predicted octanol–water partition coefficient (Wildman–Crippen LogP) is 1.98. The van der Waals surface area contributed by atoms with Gasteiger partial charge in [0.2, 0.25) is 0 Å². The number of nitrogens with zero attached hydrogens (tertiary/aromatic N) is 2. The SMILES string of the molecule is OC[C@H]1O[C@@H](n2cnc3cc(Cl)c(Cl)cc32)C[C@@H]1O. The quantitative estimate of drug-likeness (QED) is 0.890. The predicted molar refractivity (Wildman–Crippen MR) is 71.4 cm³/mol. The van der Waals surface area contributed by atoms with Crippen molar-refractivity contribution >= 4 is 34.2 Å². The van der Waals surface area contributed by atoms with Crippen LogP contribution in [0.3, 0.4) is 0 Å². The zero-order chi connectivity index (χ0) is 13.6. The molecule has 2 N–H and O–H groups in total. The fourth-order valence-electron chi connectivity index (χ4n) is 2.30. The highest BCUT2D eigenvalue weighted by atomic mass is 35.5. The highest BCUT2D eigenvalue weighted by molar-refractivity contribution is 6.42. The first-order chi connectivity index (χ1) is 9.10. The average Bonchev–Trinajstić information content (AvgIpc) is 2.93. The van der Waals surface area contributed by atoms with Crippen LogP contribution in [0.15, 0.2) is 18.5 Å². The first kappa shape index (κ1) is 13.1. The highest BCUT2D eigenvalue weighted by Gasteiger charge is 2.34. The molecule has 0 unspecified atom stereocenters. The monoisotopic (exact) mass is 302 g/mol. The summed E-state index contributed by atoms with van der Waals surface area (Å²) in [6.45, 7) is -0.211. The Hall–Kier alpha value is -0.850. The van der Waals surface area contributed by atoms with Crippen molar-refractivity contribution in [3.05, 3.63) is 28.5 Å². The second kappa shape index (κ2) is 4.92. The third-order valence-electron chi connectivity index (χ3n) is 3.31. The lowest BCUT2D eigenvalue weighted by atomic mass is 10.2. The Morgan fingerprint density at radius 2 is 2.11 bits per heavy atom. The van der Waals surface area contributed by atoms with E-state index in [-0.39, 0.29) is 12.8 Å². The second-order valence-electron chi connectivity index (χ2n) is 4.52. The number of aromatic nitrogens is 2. The maximum absolute atomic E-state index is 9.76. The van der Waals surface area contributed by atoms with Crippen LogP contribution >= 0.6 is 23.2 Å². The van der Waals surface area contributed by atoms with Crippen molar-refractivity contribution < 1.29 is 14.9 Å². The van der Waals surface area contributed by atoms with Crippen molar-refractivity contribution in [2.45, 2.75) is 24.9 Å². The van der Waals surface area contributed by atoms with Crippen LogP contribution in [0.2, 0.25) is 10.0 Å². The number of benzene rings is 1. The van der Waals surface area contributed by atoms with Crippen molar-refractivity contribution in [3.8, 4) is 0 Å². The van der Waals surface area contributed by atoms with Gasteiger partial charge in [-0.05, 0) is 12.1 Å². The lowest BCUT2D eigenvalue weighted by Crippen LogP contribution is -2.24. The Morgan fingerprint density at radius 1 is 1.37 bits per heavy atom. The number of hydrogen-bond acceptors (Lipinski definition) is 4. The Morgan fingerprint density at radius 3 is 2.79 bits per heavy atom. The van der Waals surface area contributed by atoms with Crippen molar-refractivity contribution in [2.24, 2.45) is 0 Å². The van der Waals surface area contributed by atoms with Crippen LogP contribution in [-0.2, 0) is 4.74 Å². The van der Waals surface area contributed by atoms with Gasteiger partial charge in [0.25, 0.3) is 0 Å². The van der Waals surface area contributed by atoms with E-state index >= 15 is 0 Å². The summed E-state index contributed by atoms with van der Waals surface area (Å²) in [6.07, 6.45) is 0.403. The van der Waals surface area contributed by atoms with E-state index in [2.05, 4.69) is 4.98 Å². The van der Waals surface area contributed by atoms with Crippen molar-refractivity contribution in [2.75, 3.05) is 6.61 Å². The molecule has 1 aliphatic heterocycles. The summed E-state index contributed by atoms with van der Waals surface area (Å²) in [5.74, 6) is 0. The lowest BCUT2D eigenvalue weighted by Gasteiger charge is -2.14. The molecular weight excluding hydrogens is 291 g/mol. The first-order valence-corrected chi connectivity index (χ1v) is 6.61. The second-order valence-corrected chi connectivity index (χ2v) is 5.34. The molecule has 0 amide bonds. The Bertz CT molecular complexity index is 616. The molecule has 7 heteroatoms. The molecule has 1 fully saturated rings. The molecule has 1 aromatic carbocycles. The molecule has 19 heavy (non-hydrogen) atoms. The van der Waals surface area contributed by atoms with E-state index in [1.807, 2.05) is 0 Å². The highest BCUT2D eigenvalue weighted by Crippen LogP contribution is 2.33. The number of rotatable bonds is 2. The summed E-state index contributed by atoms with van der Waals surface area (Å²) in [5, 5.41) is 19.7. The molecule has 2 aromatic rings. The molecule has 0 aliphatic carbocycles. The van der Waals surface area contributed by atoms with Gasteiger partial charge >= 0.3 is 0 Å². The van der Waals surface area contributed by atoms with E-state index in [4.69, 9.17) is 33.0 Å². The summed E-state index contributed by atoms with van der Waals surface area (Å²) in [7, 11) is 0. The van der Waals surface area contributed by atoms with Crippen LogP contribution in [0.5, 0.6) is 0 Å². The van der Waals surface area contributed by atoms with Crippen molar-refractivity contribution in [1.82, 2.24) is 9.55 Å². The molecule has 1 aromatic heterocycles. The summed E-state index contributed by atoms with van der Waals surface area (Å²) >= 11 is 11.9. The first-order valence-electron chi connectivity index (χ1n) is 5.86. The summed E-state index contributed by atoms with van der Waals surface area (Å²) in [4.78, 5) is 4.24. The molecule has 1 saturated heterocycles. The summed E-state index contributed by atoms with van der Waals surface area (Å²) < 4.78 is 7.38. The minimum absolute atomic E-state index is 0.211. The van der Waals surface area contributed by atoms with Crippen LogP contribution in [0, 0.1) is 0 Å².